The zero-order valence-corrected chi connectivity index (χ0v) is 13.3. The largest absolute Gasteiger partial charge is 0.329 e. The zero-order chi connectivity index (χ0) is 16.8. The SMILES string of the molecule is Cn1c(=O)n(C2CCC(=O)NC2=O)c2ccc(C3=CCNC3)cc21. The van der Waals surface area contributed by atoms with Crippen LogP contribution in [-0.2, 0) is 16.6 Å². The van der Waals surface area contributed by atoms with Crippen LogP contribution in [0.4, 0.5) is 0 Å². The van der Waals surface area contributed by atoms with Crippen molar-refractivity contribution in [3.8, 4) is 0 Å². The Bertz CT molecular complexity index is 951. The number of imidazole rings is 1. The van der Waals surface area contributed by atoms with Gasteiger partial charge in [-0.15, -0.1) is 0 Å². The molecule has 2 aromatic rings. The number of aromatic nitrogens is 2. The van der Waals surface area contributed by atoms with Crippen molar-refractivity contribution in [2.45, 2.75) is 18.9 Å². The normalized spacial score (nSPS) is 21.2. The van der Waals surface area contributed by atoms with Gasteiger partial charge >= 0.3 is 5.69 Å². The highest BCUT2D eigenvalue weighted by molar-refractivity contribution is 6.00. The van der Waals surface area contributed by atoms with Gasteiger partial charge in [0.25, 0.3) is 0 Å². The minimum absolute atomic E-state index is 0.241. The Morgan fingerprint density at radius 3 is 2.71 bits per heavy atom. The molecule has 7 heteroatoms. The number of rotatable bonds is 2. The monoisotopic (exact) mass is 326 g/mol. The first kappa shape index (κ1) is 14.9. The minimum Gasteiger partial charge on any atom is -0.309 e. The summed E-state index contributed by atoms with van der Waals surface area (Å²) in [7, 11) is 1.71. The number of amides is 2. The van der Waals surface area contributed by atoms with Crippen molar-refractivity contribution in [1.29, 1.82) is 0 Å². The smallest absolute Gasteiger partial charge is 0.309 e. The number of imide groups is 1. The predicted molar refractivity (Wildman–Crippen MR) is 89.4 cm³/mol. The zero-order valence-electron chi connectivity index (χ0n) is 13.3. The van der Waals surface area contributed by atoms with E-state index >= 15 is 0 Å². The first-order chi connectivity index (χ1) is 11.6. The first-order valence-corrected chi connectivity index (χ1v) is 8.01. The summed E-state index contributed by atoms with van der Waals surface area (Å²) in [6, 6.07) is 5.20. The molecule has 1 aromatic heterocycles. The van der Waals surface area contributed by atoms with Gasteiger partial charge in [-0.25, -0.2) is 4.79 Å². The number of aryl methyl sites for hydroxylation is 1. The summed E-state index contributed by atoms with van der Waals surface area (Å²) in [5.74, 6) is -0.694. The van der Waals surface area contributed by atoms with Crippen molar-refractivity contribution in [3.05, 3.63) is 40.3 Å². The van der Waals surface area contributed by atoms with Crippen molar-refractivity contribution in [2.24, 2.45) is 7.05 Å². The number of piperidine rings is 1. The molecule has 0 aliphatic carbocycles. The Kier molecular flexibility index (Phi) is 3.38. The second kappa shape index (κ2) is 5.45. The van der Waals surface area contributed by atoms with Crippen molar-refractivity contribution < 1.29 is 9.59 Å². The number of nitrogens with zero attached hydrogens (tertiary/aromatic N) is 2. The lowest BCUT2D eigenvalue weighted by Gasteiger charge is -2.21. The number of carbonyl (C=O) groups excluding carboxylic acids is 2. The summed E-state index contributed by atoms with van der Waals surface area (Å²) in [4.78, 5) is 36.2. The molecule has 2 N–H and O–H groups in total. The summed E-state index contributed by atoms with van der Waals surface area (Å²) in [5, 5.41) is 5.58. The van der Waals surface area contributed by atoms with Crippen LogP contribution in [0.1, 0.15) is 24.4 Å². The molecule has 2 amide bonds. The van der Waals surface area contributed by atoms with Gasteiger partial charge in [0.1, 0.15) is 6.04 Å². The highest BCUT2D eigenvalue weighted by Gasteiger charge is 2.31. The molecular weight excluding hydrogens is 308 g/mol. The molecule has 1 atom stereocenters. The van der Waals surface area contributed by atoms with E-state index in [9.17, 15) is 14.4 Å². The molecule has 0 bridgehead atoms. The fourth-order valence-corrected chi connectivity index (χ4v) is 3.49. The molecule has 2 aliphatic heterocycles. The Labute approximate surface area is 137 Å². The predicted octanol–water partition coefficient (Wildman–Crippen LogP) is 0.304. The van der Waals surface area contributed by atoms with Gasteiger partial charge in [-0.05, 0) is 29.7 Å². The first-order valence-electron chi connectivity index (χ1n) is 8.01. The second-order valence-electron chi connectivity index (χ2n) is 6.24. The Hall–Kier alpha value is -2.67. The number of fused-ring (bicyclic) bond motifs is 1. The Balaban J connectivity index is 1.85. The summed E-state index contributed by atoms with van der Waals surface area (Å²) < 4.78 is 3.06. The van der Waals surface area contributed by atoms with E-state index < -0.39 is 11.9 Å². The van der Waals surface area contributed by atoms with E-state index in [0.29, 0.717) is 11.9 Å². The van der Waals surface area contributed by atoms with E-state index in [2.05, 4.69) is 16.7 Å². The third-order valence-electron chi connectivity index (χ3n) is 4.79. The molecule has 0 spiro atoms. The van der Waals surface area contributed by atoms with Gasteiger partial charge in [-0.1, -0.05) is 12.1 Å². The molecule has 1 saturated heterocycles. The third-order valence-corrected chi connectivity index (χ3v) is 4.79. The molecule has 7 nitrogen and oxygen atoms in total. The quantitative estimate of drug-likeness (QED) is 0.778. The van der Waals surface area contributed by atoms with Crippen LogP contribution in [0.25, 0.3) is 16.6 Å². The number of nitrogens with one attached hydrogen (secondary N) is 2. The van der Waals surface area contributed by atoms with Crippen LogP contribution in [0.15, 0.2) is 29.1 Å². The van der Waals surface area contributed by atoms with Crippen LogP contribution in [-0.4, -0.2) is 34.0 Å². The van der Waals surface area contributed by atoms with Gasteiger partial charge in [0.15, 0.2) is 0 Å². The van der Waals surface area contributed by atoms with Gasteiger partial charge in [0, 0.05) is 26.6 Å². The molecule has 1 fully saturated rings. The molecule has 24 heavy (non-hydrogen) atoms. The van der Waals surface area contributed by atoms with Crippen molar-refractivity contribution >= 4 is 28.4 Å². The van der Waals surface area contributed by atoms with Crippen molar-refractivity contribution in [1.82, 2.24) is 19.8 Å². The van der Waals surface area contributed by atoms with E-state index in [0.717, 1.165) is 24.2 Å². The van der Waals surface area contributed by atoms with Crippen LogP contribution in [0, 0.1) is 0 Å². The van der Waals surface area contributed by atoms with Gasteiger partial charge in [-0.3, -0.25) is 24.0 Å². The molecule has 0 radical (unpaired) electrons. The standard InChI is InChI=1S/C17H18N4O3/c1-20-14-8-10(11-6-7-18-9-11)2-3-12(14)21(17(20)24)13-4-5-15(22)19-16(13)23/h2-3,6,8,13,18H,4-5,7,9H2,1H3,(H,19,22,23). The lowest BCUT2D eigenvalue weighted by Crippen LogP contribution is -2.44. The van der Waals surface area contributed by atoms with Gasteiger partial charge < -0.3 is 5.32 Å². The van der Waals surface area contributed by atoms with E-state index in [1.807, 2.05) is 18.2 Å². The fourth-order valence-electron chi connectivity index (χ4n) is 3.49. The fraction of sp³-hybridized carbons (Fsp3) is 0.353. The van der Waals surface area contributed by atoms with Gasteiger partial charge in [-0.2, -0.15) is 0 Å². The van der Waals surface area contributed by atoms with Crippen LogP contribution in [0.2, 0.25) is 0 Å². The molecular formula is C17H18N4O3. The molecule has 124 valence electrons. The summed E-state index contributed by atoms with van der Waals surface area (Å²) in [6.45, 7) is 1.66. The van der Waals surface area contributed by atoms with Crippen molar-refractivity contribution in [2.75, 3.05) is 13.1 Å². The van der Waals surface area contributed by atoms with E-state index in [-0.39, 0.29) is 18.0 Å². The molecule has 1 aromatic carbocycles. The number of hydrogen-bond donors (Lipinski definition) is 2. The number of carbonyl (C=O) groups is 2. The Morgan fingerprint density at radius 1 is 1.17 bits per heavy atom. The molecule has 2 aliphatic rings. The van der Waals surface area contributed by atoms with Crippen LogP contribution in [0.3, 0.4) is 0 Å². The molecule has 0 saturated carbocycles. The van der Waals surface area contributed by atoms with E-state index in [1.165, 1.54) is 10.1 Å². The lowest BCUT2D eigenvalue weighted by atomic mass is 10.0. The maximum absolute atomic E-state index is 12.7. The lowest BCUT2D eigenvalue weighted by molar-refractivity contribution is -0.135. The highest BCUT2D eigenvalue weighted by Crippen LogP contribution is 2.26. The van der Waals surface area contributed by atoms with Gasteiger partial charge in [0.05, 0.1) is 11.0 Å². The van der Waals surface area contributed by atoms with E-state index in [1.54, 1.807) is 11.6 Å². The minimum atomic E-state index is -0.642. The van der Waals surface area contributed by atoms with E-state index in [4.69, 9.17) is 0 Å². The summed E-state index contributed by atoms with van der Waals surface area (Å²) >= 11 is 0. The average molecular weight is 326 g/mol. The third kappa shape index (κ3) is 2.20. The summed E-state index contributed by atoms with van der Waals surface area (Å²) in [6.07, 6.45) is 2.73. The van der Waals surface area contributed by atoms with Crippen LogP contribution >= 0.6 is 0 Å². The highest BCUT2D eigenvalue weighted by atomic mass is 16.2. The maximum Gasteiger partial charge on any atom is 0.329 e. The molecule has 3 heterocycles. The Morgan fingerprint density at radius 2 is 2.00 bits per heavy atom. The maximum atomic E-state index is 12.7. The summed E-state index contributed by atoms with van der Waals surface area (Å²) in [5.41, 5.74) is 3.54. The molecule has 4 rings (SSSR count). The second-order valence-corrected chi connectivity index (χ2v) is 6.24. The van der Waals surface area contributed by atoms with Crippen LogP contribution in [0.5, 0.6) is 0 Å². The van der Waals surface area contributed by atoms with Crippen molar-refractivity contribution in [3.63, 3.8) is 0 Å². The number of hydrogen-bond acceptors (Lipinski definition) is 4. The topological polar surface area (TPSA) is 85.1 Å². The van der Waals surface area contributed by atoms with Gasteiger partial charge in [0.2, 0.25) is 11.8 Å². The number of benzene rings is 1. The molecule has 1 unspecified atom stereocenters. The average Bonchev–Trinajstić information content (AvgIpc) is 3.17. The van der Waals surface area contributed by atoms with Crippen LogP contribution < -0.4 is 16.3 Å².